The minimum atomic E-state index is 0.622. The highest BCUT2D eigenvalue weighted by Crippen LogP contribution is 2.09. The second-order valence-electron chi connectivity index (χ2n) is 4.01. The van der Waals surface area contributed by atoms with E-state index in [0.29, 0.717) is 10.9 Å². The standard InChI is InChI=1S/C11H24BrN/c1-5-11(6-2)8-13-10(4)7-9(3)12/h9-11,13H,5-8H2,1-4H3. The van der Waals surface area contributed by atoms with Gasteiger partial charge in [-0.05, 0) is 25.8 Å². The monoisotopic (exact) mass is 249 g/mol. The third kappa shape index (κ3) is 7.51. The Morgan fingerprint density at radius 2 is 1.69 bits per heavy atom. The summed E-state index contributed by atoms with van der Waals surface area (Å²) in [5.74, 6) is 0.855. The quantitative estimate of drug-likeness (QED) is 0.681. The number of hydrogen-bond acceptors (Lipinski definition) is 1. The van der Waals surface area contributed by atoms with Crippen LogP contribution in [0, 0.1) is 5.92 Å². The molecule has 0 aliphatic heterocycles. The number of hydrogen-bond donors (Lipinski definition) is 1. The van der Waals surface area contributed by atoms with Gasteiger partial charge in [0.15, 0.2) is 0 Å². The Hall–Kier alpha value is 0.440. The van der Waals surface area contributed by atoms with Gasteiger partial charge in [0.1, 0.15) is 0 Å². The third-order valence-electron chi connectivity index (χ3n) is 2.59. The van der Waals surface area contributed by atoms with Gasteiger partial charge in [0.05, 0.1) is 0 Å². The summed E-state index contributed by atoms with van der Waals surface area (Å²) in [6.45, 7) is 10.2. The first-order valence-electron chi connectivity index (χ1n) is 5.47. The van der Waals surface area contributed by atoms with E-state index in [1.807, 2.05) is 0 Å². The van der Waals surface area contributed by atoms with Crippen molar-refractivity contribution in [1.82, 2.24) is 5.32 Å². The van der Waals surface area contributed by atoms with Crippen LogP contribution < -0.4 is 5.32 Å². The summed E-state index contributed by atoms with van der Waals surface area (Å²) in [6.07, 6.45) is 3.79. The molecule has 1 nitrogen and oxygen atoms in total. The SMILES string of the molecule is CCC(CC)CNC(C)CC(C)Br. The lowest BCUT2D eigenvalue weighted by Gasteiger charge is -2.19. The number of nitrogens with one attached hydrogen (secondary N) is 1. The first-order valence-corrected chi connectivity index (χ1v) is 6.39. The minimum Gasteiger partial charge on any atom is -0.314 e. The van der Waals surface area contributed by atoms with Gasteiger partial charge in [-0.2, -0.15) is 0 Å². The number of halogens is 1. The van der Waals surface area contributed by atoms with Crippen molar-refractivity contribution in [3.63, 3.8) is 0 Å². The summed E-state index contributed by atoms with van der Waals surface area (Å²) < 4.78 is 0. The van der Waals surface area contributed by atoms with Crippen molar-refractivity contribution >= 4 is 15.9 Å². The van der Waals surface area contributed by atoms with Crippen LogP contribution in [0.3, 0.4) is 0 Å². The highest BCUT2D eigenvalue weighted by atomic mass is 79.9. The van der Waals surface area contributed by atoms with Gasteiger partial charge in [-0.1, -0.05) is 49.5 Å². The van der Waals surface area contributed by atoms with Crippen LogP contribution in [0.15, 0.2) is 0 Å². The molecule has 2 atom stereocenters. The zero-order valence-corrected chi connectivity index (χ0v) is 11.0. The van der Waals surface area contributed by atoms with Crippen molar-refractivity contribution in [3.05, 3.63) is 0 Å². The van der Waals surface area contributed by atoms with Crippen LogP contribution in [-0.2, 0) is 0 Å². The lowest BCUT2D eigenvalue weighted by Crippen LogP contribution is -2.32. The van der Waals surface area contributed by atoms with Crippen molar-refractivity contribution in [2.45, 2.75) is 57.8 Å². The zero-order valence-electron chi connectivity index (χ0n) is 9.44. The molecule has 0 amide bonds. The summed E-state index contributed by atoms with van der Waals surface area (Å²) >= 11 is 3.58. The fourth-order valence-corrected chi connectivity index (χ4v) is 2.08. The molecule has 0 aromatic carbocycles. The third-order valence-corrected chi connectivity index (χ3v) is 2.96. The highest BCUT2D eigenvalue weighted by molar-refractivity contribution is 9.09. The average molecular weight is 250 g/mol. The fourth-order valence-electron chi connectivity index (χ4n) is 1.52. The van der Waals surface area contributed by atoms with E-state index in [1.54, 1.807) is 0 Å². The van der Waals surface area contributed by atoms with Crippen LogP contribution >= 0.6 is 15.9 Å². The molecular weight excluding hydrogens is 226 g/mol. The molecule has 0 saturated heterocycles. The molecule has 0 heterocycles. The maximum absolute atomic E-state index is 3.59. The van der Waals surface area contributed by atoms with Gasteiger partial charge < -0.3 is 5.32 Å². The normalized spacial score (nSPS) is 16.2. The average Bonchev–Trinajstić information content (AvgIpc) is 2.05. The molecule has 0 fully saturated rings. The van der Waals surface area contributed by atoms with E-state index in [0.717, 1.165) is 5.92 Å². The molecule has 2 heteroatoms. The van der Waals surface area contributed by atoms with Crippen molar-refractivity contribution in [1.29, 1.82) is 0 Å². The molecule has 0 spiro atoms. The maximum atomic E-state index is 3.59. The second kappa shape index (κ2) is 7.81. The summed E-state index contributed by atoms with van der Waals surface area (Å²) in [6, 6.07) is 0.634. The molecule has 13 heavy (non-hydrogen) atoms. The lowest BCUT2D eigenvalue weighted by molar-refractivity contribution is 0.408. The Kier molecular flexibility index (Phi) is 8.07. The van der Waals surface area contributed by atoms with Crippen molar-refractivity contribution in [2.24, 2.45) is 5.92 Å². The van der Waals surface area contributed by atoms with Crippen LogP contribution in [0.5, 0.6) is 0 Å². The van der Waals surface area contributed by atoms with Crippen molar-refractivity contribution in [3.8, 4) is 0 Å². The molecule has 0 aliphatic carbocycles. The molecule has 0 saturated carbocycles. The summed E-state index contributed by atoms with van der Waals surface area (Å²) in [5, 5.41) is 3.59. The Morgan fingerprint density at radius 1 is 1.15 bits per heavy atom. The predicted octanol–water partition coefficient (Wildman–Crippen LogP) is 3.57. The molecule has 0 aliphatic rings. The van der Waals surface area contributed by atoms with E-state index in [9.17, 15) is 0 Å². The summed E-state index contributed by atoms with van der Waals surface area (Å²) in [4.78, 5) is 0.622. The number of rotatable bonds is 7. The van der Waals surface area contributed by atoms with E-state index in [-0.39, 0.29) is 0 Å². The molecule has 0 radical (unpaired) electrons. The first-order chi connectivity index (χ1) is 6.10. The molecule has 0 aromatic rings. The van der Waals surface area contributed by atoms with Gasteiger partial charge in [0, 0.05) is 10.9 Å². The van der Waals surface area contributed by atoms with Crippen LogP contribution in [0.1, 0.15) is 47.0 Å². The number of alkyl halides is 1. The van der Waals surface area contributed by atoms with Crippen molar-refractivity contribution < 1.29 is 0 Å². The highest BCUT2D eigenvalue weighted by Gasteiger charge is 2.08. The largest absolute Gasteiger partial charge is 0.314 e. The zero-order chi connectivity index (χ0) is 10.3. The Morgan fingerprint density at radius 3 is 2.08 bits per heavy atom. The van der Waals surface area contributed by atoms with Gasteiger partial charge in [-0.15, -0.1) is 0 Å². The van der Waals surface area contributed by atoms with Crippen LogP contribution in [0.2, 0.25) is 0 Å². The van der Waals surface area contributed by atoms with E-state index in [1.165, 1.54) is 25.8 Å². The fraction of sp³-hybridized carbons (Fsp3) is 1.00. The van der Waals surface area contributed by atoms with E-state index in [4.69, 9.17) is 0 Å². The van der Waals surface area contributed by atoms with Crippen LogP contribution in [0.25, 0.3) is 0 Å². The molecule has 0 rings (SSSR count). The molecule has 1 N–H and O–H groups in total. The Balaban J connectivity index is 3.49. The Labute approximate surface area is 91.8 Å². The topological polar surface area (TPSA) is 12.0 Å². The smallest absolute Gasteiger partial charge is 0.0132 e. The van der Waals surface area contributed by atoms with Crippen LogP contribution in [0.4, 0.5) is 0 Å². The second-order valence-corrected chi connectivity index (χ2v) is 5.57. The van der Waals surface area contributed by atoms with Crippen molar-refractivity contribution in [2.75, 3.05) is 6.54 Å². The van der Waals surface area contributed by atoms with E-state index >= 15 is 0 Å². The molecule has 80 valence electrons. The van der Waals surface area contributed by atoms with Gasteiger partial charge in [-0.25, -0.2) is 0 Å². The van der Waals surface area contributed by atoms with Gasteiger partial charge in [0.2, 0.25) is 0 Å². The Bertz CT molecular complexity index is 111. The summed E-state index contributed by atoms with van der Waals surface area (Å²) in [5.41, 5.74) is 0. The lowest BCUT2D eigenvalue weighted by atomic mass is 10.0. The van der Waals surface area contributed by atoms with Crippen LogP contribution in [-0.4, -0.2) is 17.4 Å². The van der Waals surface area contributed by atoms with Gasteiger partial charge in [0.25, 0.3) is 0 Å². The molecule has 2 unspecified atom stereocenters. The minimum absolute atomic E-state index is 0.622. The molecular formula is C11H24BrN. The summed E-state index contributed by atoms with van der Waals surface area (Å²) in [7, 11) is 0. The van der Waals surface area contributed by atoms with E-state index < -0.39 is 0 Å². The first kappa shape index (κ1) is 13.4. The molecule has 0 aromatic heterocycles. The van der Waals surface area contributed by atoms with Gasteiger partial charge in [-0.3, -0.25) is 0 Å². The van der Waals surface area contributed by atoms with Gasteiger partial charge >= 0.3 is 0 Å². The predicted molar refractivity (Wildman–Crippen MR) is 64.5 cm³/mol. The molecule has 0 bridgehead atoms. The van der Waals surface area contributed by atoms with E-state index in [2.05, 4.69) is 48.9 Å². The maximum Gasteiger partial charge on any atom is 0.0132 e.